The van der Waals surface area contributed by atoms with E-state index in [0.717, 1.165) is 5.56 Å². The second-order valence-electron chi connectivity index (χ2n) is 7.85. The molecule has 0 aliphatic heterocycles. The van der Waals surface area contributed by atoms with Crippen molar-refractivity contribution in [3.63, 3.8) is 0 Å². The highest BCUT2D eigenvalue weighted by Crippen LogP contribution is 2.27. The smallest absolute Gasteiger partial charge is 0.341 e. The van der Waals surface area contributed by atoms with Gasteiger partial charge in [0.1, 0.15) is 17.0 Å². The fourth-order valence-electron chi connectivity index (χ4n) is 3.65. The number of aryl methyl sites for hydroxylation is 2. The highest BCUT2D eigenvalue weighted by molar-refractivity contribution is 6.30. The number of carbonyl (C=O) groups is 1. The SMILES string of the molecule is COc1nc2c(cc1CCc1ccc(F)c(Cl)c1)c(=O)c(C(=O)O)cn2[C@H](CO)C(C)C. The maximum absolute atomic E-state index is 13.4. The molecule has 9 heteroatoms. The van der Waals surface area contributed by atoms with Crippen molar-refractivity contribution < 1.29 is 24.1 Å². The summed E-state index contributed by atoms with van der Waals surface area (Å²) in [6.07, 6.45) is 2.10. The van der Waals surface area contributed by atoms with Gasteiger partial charge in [-0.3, -0.25) is 4.79 Å². The van der Waals surface area contributed by atoms with Gasteiger partial charge in [-0.1, -0.05) is 31.5 Å². The van der Waals surface area contributed by atoms with Gasteiger partial charge >= 0.3 is 5.97 Å². The summed E-state index contributed by atoms with van der Waals surface area (Å²) in [6, 6.07) is 5.52. The van der Waals surface area contributed by atoms with Crippen LogP contribution in [0.25, 0.3) is 11.0 Å². The number of aliphatic hydroxyl groups excluding tert-OH is 1. The van der Waals surface area contributed by atoms with E-state index in [-0.39, 0.29) is 34.5 Å². The monoisotopic (exact) mass is 462 g/mol. The Kier molecular flexibility index (Phi) is 7.16. The number of halogens is 2. The molecule has 0 saturated heterocycles. The van der Waals surface area contributed by atoms with Gasteiger partial charge in [-0.25, -0.2) is 9.18 Å². The first-order valence-electron chi connectivity index (χ1n) is 10.1. The topological polar surface area (TPSA) is 102 Å². The minimum Gasteiger partial charge on any atom is -0.481 e. The lowest BCUT2D eigenvalue weighted by Gasteiger charge is -2.24. The number of aliphatic hydroxyl groups is 1. The zero-order chi connectivity index (χ0) is 23.6. The van der Waals surface area contributed by atoms with Crippen molar-refractivity contribution in [1.82, 2.24) is 9.55 Å². The zero-order valence-electron chi connectivity index (χ0n) is 17.9. The molecule has 0 fully saturated rings. The average molecular weight is 463 g/mol. The number of carboxylic acids is 1. The number of ether oxygens (including phenoxy) is 1. The number of pyridine rings is 2. The van der Waals surface area contributed by atoms with Gasteiger partial charge in [0.15, 0.2) is 0 Å². The second-order valence-corrected chi connectivity index (χ2v) is 8.26. The quantitative estimate of drug-likeness (QED) is 0.527. The van der Waals surface area contributed by atoms with Crippen LogP contribution in [0.2, 0.25) is 5.02 Å². The van der Waals surface area contributed by atoms with Crippen LogP contribution in [0, 0.1) is 11.7 Å². The molecule has 0 saturated carbocycles. The number of fused-ring (bicyclic) bond motifs is 1. The number of aromatic nitrogens is 2. The lowest BCUT2D eigenvalue weighted by molar-refractivity contribution is 0.0694. The van der Waals surface area contributed by atoms with Gasteiger partial charge in [0.05, 0.1) is 30.2 Å². The predicted molar refractivity (Wildman–Crippen MR) is 119 cm³/mol. The standard InChI is InChI=1S/C23H24ClFN2O5/c1-12(2)19(11-28)27-10-16(23(30)31)20(29)15-9-14(22(32-3)26-21(15)27)6-4-13-5-7-18(25)17(24)8-13/h5,7-10,12,19,28H,4,6,11H2,1-3H3,(H,30,31)/t19-/m1/s1. The first kappa shape index (κ1) is 23.7. The number of carboxylic acid groups (broad SMARTS) is 1. The van der Waals surface area contributed by atoms with Crippen molar-refractivity contribution in [2.45, 2.75) is 32.7 Å². The van der Waals surface area contributed by atoms with Crippen LogP contribution in [0.3, 0.4) is 0 Å². The van der Waals surface area contributed by atoms with Gasteiger partial charge in [0.2, 0.25) is 11.3 Å². The zero-order valence-corrected chi connectivity index (χ0v) is 18.7. The summed E-state index contributed by atoms with van der Waals surface area (Å²) in [5, 5.41) is 19.6. The third-order valence-corrected chi connectivity index (χ3v) is 5.74. The Bertz CT molecular complexity index is 1230. The number of aromatic carboxylic acids is 1. The molecule has 1 atom stereocenters. The van der Waals surface area contributed by atoms with Crippen LogP contribution < -0.4 is 10.2 Å². The molecular weight excluding hydrogens is 439 g/mol. The molecule has 0 spiro atoms. The Morgan fingerprint density at radius 3 is 2.56 bits per heavy atom. The van der Waals surface area contributed by atoms with Crippen molar-refractivity contribution in [1.29, 1.82) is 0 Å². The summed E-state index contributed by atoms with van der Waals surface area (Å²) in [5.41, 5.74) is 0.551. The van der Waals surface area contributed by atoms with Crippen molar-refractivity contribution in [2.75, 3.05) is 13.7 Å². The number of hydrogen-bond acceptors (Lipinski definition) is 5. The minimum atomic E-state index is -1.36. The molecule has 0 bridgehead atoms. The van der Waals surface area contributed by atoms with Crippen molar-refractivity contribution in [2.24, 2.45) is 5.92 Å². The number of nitrogens with zero attached hydrogens (tertiary/aromatic N) is 2. The van der Waals surface area contributed by atoms with E-state index in [9.17, 15) is 24.2 Å². The van der Waals surface area contributed by atoms with Gasteiger partial charge in [-0.05, 0) is 42.5 Å². The Balaban J connectivity index is 2.16. The lowest BCUT2D eigenvalue weighted by atomic mass is 10.0. The molecule has 1 aromatic carbocycles. The fraction of sp³-hybridized carbons (Fsp3) is 0.348. The molecule has 3 aromatic rings. The lowest BCUT2D eigenvalue weighted by Crippen LogP contribution is -2.26. The number of methoxy groups -OCH3 is 1. The van der Waals surface area contributed by atoms with Crippen LogP contribution in [0.15, 0.2) is 35.3 Å². The Morgan fingerprint density at radius 1 is 1.28 bits per heavy atom. The van der Waals surface area contributed by atoms with E-state index in [1.165, 1.54) is 30.0 Å². The van der Waals surface area contributed by atoms with Crippen LogP contribution in [0.4, 0.5) is 4.39 Å². The summed E-state index contributed by atoms with van der Waals surface area (Å²) >= 11 is 5.85. The molecular formula is C23H24ClFN2O5. The van der Waals surface area contributed by atoms with E-state index >= 15 is 0 Å². The largest absolute Gasteiger partial charge is 0.481 e. The van der Waals surface area contributed by atoms with Crippen LogP contribution in [0.5, 0.6) is 5.88 Å². The maximum atomic E-state index is 13.4. The van der Waals surface area contributed by atoms with E-state index < -0.39 is 28.8 Å². The van der Waals surface area contributed by atoms with Gasteiger partial charge in [0.25, 0.3) is 0 Å². The van der Waals surface area contributed by atoms with E-state index in [1.807, 2.05) is 13.8 Å². The van der Waals surface area contributed by atoms with Gasteiger partial charge < -0.3 is 19.5 Å². The fourth-order valence-corrected chi connectivity index (χ4v) is 3.85. The molecule has 2 heterocycles. The molecule has 170 valence electrons. The van der Waals surface area contributed by atoms with Gasteiger partial charge in [-0.2, -0.15) is 4.98 Å². The number of hydrogen-bond donors (Lipinski definition) is 2. The summed E-state index contributed by atoms with van der Waals surface area (Å²) in [6.45, 7) is 3.50. The normalized spacial score (nSPS) is 12.3. The van der Waals surface area contributed by atoms with Gasteiger partial charge in [0, 0.05) is 11.8 Å². The highest BCUT2D eigenvalue weighted by Gasteiger charge is 2.23. The molecule has 0 radical (unpaired) electrons. The number of rotatable bonds is 8. The van der Waals surface area contributed by atoms with Gasteiger partial charge in [-0.15, -0.1) is 0 Å². The molecule has 0 amide bonds. The summed E-state index contributed by atoms with van der Waals surface area (Å²) in [7, 11) is 1.45. The van der Waals surface area contributed by atoms with E-state index in [2.05, 4.69) is 4.98 Å². The highest BCUT2D eigenvalue weighted by atomic mass is 35.5. The summed E-state index contributed by atoms with van der Waals surface area (Å²) in [5.74, 6) is -1.64. The average Bonchev–Trinajstić information content (AvgIpc) is 2.75. The second kappa shape index (κ2) is 9.67. The summed E-state index contributed by atoms with van der Waals surface area (Å²) in [4.78, 5) is 29.1. The van der Waals surface area contributed by atoms with Crippen molar-refractivity contribution in [3.05, 3.63) is 68.2 Å². The molecule has 0 unspecified atom stereocenters. The number of benzene rings is 1. The van der Waals surface area contributed by atoms with Crippen molar-refractivity contribution >= 4 is 28.6 Å². The summed E-state index contributed by atoms with van der Waals surface area (Å²) < 4.78 is 20.4. The third-order valence-electron chi connectivity index (χ3n) is 5.45. The van der Waals surface area contributed by atoms with Crippen LogP contribution >= 0.6 is 11.6 Å². The third kappa shape index (κ3) is 4.61. The van der Waals surface area contributed by atoms with Crippen LogP contribution in [-0.2, 0) is 12.8 Å². The Labute approximate surface area is 189 Å². The van der Waals surface area contributed by atoms with Crippen molar-refractivity contribution in [3.8, 4) is 5.88 Å². The molecule has 7 nitrogen and oxygen atoms in total. The van der Waals surface area contributed by atoms with E-state index in [1.54, 1.807) is 12.1 Å². The Hall–Kier alpha value is -2.97. The molecule has 2 aromatic heterocycles. The predicted octanol–water partition coefficient (Wildman–Crippen LogP) is 3.87. The molecule has 2 N–H and O–H groups in total. The molecule has 3 rings (SSSR count). The van der Waals surface area contributed by atoms with Crippen LogP contribution in [-0.4, -0.2) is 39.5 Å². The first-order valence-corrected chi connectivity index (χ1v) is 10.5. The molecule has 0 aliphatic rings. The molecule has 0 aliphatic carbocycles. The van der Waals surface area contributed by atoms with Crippen LogP contribution in [0.1, 0.15) is 41.4 Å². The maximum Gasteiger partial charge on any atom is 0.341 e. The Morgan fingerprint density at radius 2 is 2.00 bits per heavy atom. The molecule has 32 heavy (non-hydrogen) atoms. The van der Waals surface area contributed by atoms with E-state index in [4.69, 9.17) is 16.3 Å². The van der Waals surface area contributed by atoms with E-state index in [0.29, 0.717) is 18.4 Å². The first-order chi connectivity index (χ1) is 15.2. The minimum absolute atomic E-state index is 0.0174.